The summed E-state index contributed by atoms with van der Waals surface area (Å²) in [4.78, 5) is 25.5. The minimum atomic E-state index is -0.347. The zero-order valence-electron chi connectivity index (χ0n) is 12.5. The number of hydrogen-bond acceptors (Lipinski definition) is 3. The van der Waals surface area contributed by atoms with Gasteiger partial charge in [0, 0.05) is 19.5 Å². The van der Waals surface area contributed by atoms with Gasteiger partial charge in [-0.2, -0.15) is 0 Å². The molecule has 0 radical (unpaired) electrons. The SMILES string of the molecule is COC(=O)c1ccc(CN(C)C(=O)[C@H]2CC=CCC2)cc1. The lowest BCUT2D eigenvalue weighted by atomic mass is 9.93. The third kappa shape index (κ3) is 3.94. The van der Waals surface area contributed by atoms with Crippen LogP contribution in [-0.2, 0) is 16.1 Å². The molecule has 4 heteroatoms. The lowest BCUT2D eigenvalue weighted by molar-refractivity contribution is -0.135. The van der Waals surface area contributed by atoms with E-state index >= 15 is 0 Å². The second kappa shape index (κ2) is 7.07. The molecule has 0 unspecified atom stereocenters. The van der Waals surface area contributed by atoms with Gasteiger partial charge in [-0.1, -0.05) is 24.3 Å². The van der Waals surface area contributed by atoms with Crippen LogP contribution in [0.4, 0.5) is 0 Å². The third-order valence-corrected chi connectivity index (χ3v) is 3.79. The van der Waals surface area contributed by atoms with E-state index in [2.05, 4.69) is 16.9 Å². The number of benzene rings is 1. The fourth-order valence-electron chi connectivity index (χ4n) is 2.55. The van der Waals surface area contributed by atoms with Crippen LogP contribution in [0.25, 0.3) is 0 Å². The van der Waals surface area contributed by atoms with Gasteiger partial charge < -0.3 is 9.64 Å². The van der Waals surface area contributed by atoms with Gasteiger partial charge in [-0.3, -0.25) is 4.79 Å². The first-order chi connectivity index (χ1) is 10.1. The van der Waals surface area contributed by atoms with Crippen molar-refractivity contribution in [2.45, 2.75) is 25.8 Å². The van der Waals surface area contributed by atoms with E-state index in [4.69, 9.17) is 0 Å². The molecular weight excluding hydrogens is 266 g/mol. The molecule has 112 valence electrons. The second-order valence-corrected chi connectivity index (χ2v) is 5.36. The second-order valence-electron chi connectivity index (χ2n) is 5.36. The molecular formula is C17H21NO3. The number of methoxy groups -OCH3 is 1. The summed E-state index contributed by atoms with van der Waals surface area (Å²) in [6.45, 7) is 0.556. The Morgan fingerprint density at radius 3 is 2.52 bits per heavy atom. The number of amides is 1. The van der Waals surface area contributed by atoms with Crippen molar-refractivity contribution in [3.63, 3.8) is 0 Å². The maximum atomic E-state index is 12.3. The number of carbonyl (C=O) groups excluding carboxylic acids is 2. The van der Waals surface area contributed by atoms with Crippen LogP contribution in [-0.4, -0.2) is 30.9 Å². The maximum Gasteiger partial charge on any atom is 0.337 e. The van der Waals surface area contributed by atoms with Gasteiger partial charge in [0.1, 0.15) is 0 Å². The summed E-state index contributed by atoms with van der Waals surface area (Å²) in [5, 5.41) is 0. The minimum absolute atomic E-state index is 0.106. The van der Waals surface area contributed by atoms with Crippen molar-refractivity contribution in [2.75, 3.05) is 14.2 Å². The van der Waals surface area contributed by atoms with Gasteiger partial charge in [0.15, 0.2) is 0 Å². The summed E-state index contributed by atoms with van der Waals surface area (Å²) >= 11 is 0. The molecule has 0 aliphatic heterocycles. The molecule has 0 N–H and O–H groups in total. The van der Waals surface area contributed by atoms with Gasteiger partial charge in [-0.15, -0.1) is 0 Å². The van der Waals surface area contributed by atoms with Crippen LogP contribution in [0, 0.1) is 5.92 Å². The summed E-state index contributed by atoms with van der Waals surface area (Å²) in [5.74, 6) is -0.0503. The normalized spacial score (nSPS) is 17.3. The van der Waals surface area contributed by atoms with E-state index in [1.54, 1.807) is 17.0 Å². The zero-order valence-corrected chi connectivity index (χ0v) is 12.5. The number of hydrogen-bond donors (Lipinski definition) is 0. The van der Waals surface area contributed by atoms with E-state index in [-0.39, 0.29) is 17.8 Å². The van der Waals surface area contributed by atoms with Crippen LogP contribution < -0.4 is 0 Å². The molecule has 0 spiro atoms. The van der Waals surface area contributed by atoms with Crippen LogP contribution in [0.15, 0.2) is 36.4 Å². The molecule has 0 bridgehead atoms. The van der Waals surface area contributed by atoms with Gasteiger partial charge in [0.25, 0.3) is 0 Å². The first-order valence-electron chi connectivity index (χ1n) is 7.19. The molecule has 2 rings (SSSR count). The van der Waals surface area contributed by atoms with E-state index in [1.165, 1.54) is 7.11 Å². The van der Waals surface area contributed by atoms with E-state index < -0.39 is 0 Å². The molecule has 0 heterocycles. The van der Waals surface area contributed by atoms with Gasteiger partial charge in [-0.25, -0.2) is 4.79 Å². The smallest absolute Gasteiger partial charge is 0.337 e. The Kier molecular flexibility index (Phi) is 5.14. The number of ether oxygens (including phenoxy) is 1. The Hall–Kier alpha value is -2.10. The van der Waals surface area contributed by atoms with Crippen LogP contribution in [0.1, 0.15) is 35.2 Å². The molecule has 21 heavy (non-hydrogen) atoms. The molecule has 0 saturated carbocycles. The van der Waals surface area contributed by atoms with Crippen LogP contribution in [0.2, 0.25) is 0 Å². The van der Waals surface area contributed by atoms with Crippen molar-refractivity contribution in [1.82, 2.24) is 4.90 Å². The van der Waals surface area contributed by atoms with Crippen LogP contribution >= 0.6 is 0 Å². The largest absolute Gasteiger partial charge is 0.465 e. The van der Waals surface area contributed by atoms with E-state index in [0.29, 0.717) is 12.1 Å². The van der Waals surface area contributed by atoms with Crippen molar-refractivity contribution in [3.05, 3.63) is 47.5 Å². The molecule has 0 saturated heterocycles. The molecule has 1 aromatic rings. The van der Waals surface area contributed by atoms with Crippen molar-refractivity contribution >= 4 is 11.9 Å². The summed E-state index contributed by atoms with van der Waals surface area (Å²) in [6.07, 6.45) is 6.98. The average molecular weight is 287 g/mol. The molecule has 0 fully saturated rings. The Labute approximate surface area is 125 Å². The van der Waals surface area contributed by atoms with Gasteiger partial charge in [0.05, 0.1) is 12.7 Å². The van der Waals surface area contributed by atoms with Crippen molar-refractivity contribution in [1.29, 1.82) is 0 Å². The lowest BCUT2D eigenvalue weighted by Gasteiger charge is -2.24. The number of esters is 1. The standard InChI is InChI=1S/C17H21NO3/c1-18(16(19)14-6-4-3-5-7-14)12-13-8-10-15(11-9-13)17(20)21-2/h3-4,8-11,14H,5-7,12H2,1-2H3/t14-/m0/s1. The number of carbonyl (C=O) groups is 2. The van der Waals surface area contributed by atoms with E-state index in [1.807, 2.05) is 19.2 Å². The van der Waals surface area contributed by atoms with Crippen molar-refractivity contribution < 1.29 is 14.3 Å². The molecule has 1 atom stereocenters. The average Bonchev–Trinajstić information content (AvgIpc) is 2.55. The fraction of sp³-hybridized carbons (Fsp3) is 0.412. The highest BCUT2D eigenvalue weighted by Gasteiger charge is 2.22. The topological polar surface area (TPSA) is 46.6 Å². The van der Waals surface area contributed by atoms with E-state index in [0.717, 1.165) is 24.8 Å². The Bertz CT molecular complexity index is 533. The number of allylic oxidation sites excluding steroid dienone is 2. The van der Waals surface area contributed by atoms with Crippen LogP contribution in [0.3, 0.4) is 0 Å². The third-order valence-electron chi connectivity index (χ3n) is 3.79. The fourth-order valence-corrected chi connectivity index (χ4v) is 2.55. The molecule has 1 aliphatic rings. The van der Waals surface area contributed by atoms with Gasteiger partial charge in [-0.05, 0) is 37.0 Å². The Morgan fingerprint density at radius 2 is 1.95 bits per heavy atom. The summed E-state index contributed by atoms with van der Waals surface area (Å²) in [5.41, 5.74) is 1.53. The Balaban J connectivity index is 1.95. The van der Waals surface area contributed by atoms with Crippen molar-refractivity contribution in [3.8, 4) is 0 Å². The summed E-state index contributed by atoms with van der Waals surface area (Å²) < 4.78 is 4.66. The molecule has 0 aromatic heterocycles. The van der Waals surface area contributed by atoms with Crippen molar-refractivity contribution in [2.24, 2.45) is 5.92 Å². The van der Waals surface area contributed by atoms with Crippen LogP contribution in [0.5, 0.6) is 0 Å². The first-order valence-corrected chi connectivity index (χ1v) is 7.19. The highest BCUT2D eigenvalue weighted by Crippen LogP contribution is 2.21. The highest BCUT2D eigenvalue weighted by atomic mass is 16.5. The zero-order chi connectivity index (χ0) is 15.2. The predicted molar refractivity (Wildman–Crippen MR) is 80.7 cm³/mol. The molecule has 4 nitrogen and oxygen atoms in total. The van der Waals surface area contributed by atoms with Gasteiger partial charge >= 0.3 is 5.97 Å². The highest BCUT2D eigenvalue weighted by molar-refractivity contribution is 5.89. The maximum absolute atomic E-state index is 12.3. The monoisotopic (exact) mass is 287 g/mol. The summed E-state index contributed by atoms with van der Waals surface area (Å²) in [7, 11) is 3.19. The summed E-state index contributed by atoms with van der Waals surface area (Å²) in [6, 6.07) is 7.17. The Morgan fingerprint density at radius 1 is 1.24 bits per heavy atom. The predicted octanol–water partition coefficient (Wildman–Crippen LogP) is 2.79. The quantitative estimate of drug-likeness (QED) is 0.632. The number of rotatable bonds is 4. The molecule has 1 aromatic carbocycles. The molecule has 1 aliphatic carbocycles. The molecule has 1 amide bonds. The first kappa shape index (κ1) is 15.3. The minimum Gasteiger partial charge on any atom is -0.465 e. The lowest BCUT2D eigenvalue weighted by Crippen LogP contribution is -2.32. The van der Waals surface area contributed by atoms with E-state index in [9.17, 15) is 9.59 Å². The van der Waals surface area contributed by atoms with Gasteiger partial charge in [0.2, 0.25) is 5.91 Å². The number of nitrogens with zero attached hydrogens (tertiary/aromatic N) is 1.